The summed E-state index contributed by atoms with van der Waals surface area (Å²) < 4.78 is 0. The van der Waals surface area contributed by atoms with Crippen LogP contribution in [0.2, 0.25) is 0 Å². The Labute approximate surface area is 73.1 Å². The third-order valence-corrected chi connectivity index (χ3v) is 2.67. The number of nitrogens with two attached hydrogens (primary N) is 1. The zero-order chi connectivity index (χ0) is 8.53. The lowest BCUT2D eigenvalue weighted by molar-refractivity contribution is 0.724. The van der Waals surface area contributed by atoms with Crippen LogP contribution in [0.3, 0.4) is 0 Å². The number of unbranched alkanes of at least 4 members (excludes halogenated alkanes) is 1. The van der Waals surface area contributed by atoms with E-state index in [1.807, 2.05) is 11.8 Å². The van der Waals surface area contributed by atoms with Crippen molar-refractivity contribution in [2.75, 3.05) is 11.5 Å². The topological polar surface area (TPSA) is 49.8 Å². The summed E-state index contributed by atoms with van der Waals surface area (Å²) in [4.78, 5) is 0. The number of hydrogen-bond acceptors (Lipinski definition) is 3. The largest absolute Gasteiger partial charge is 0.327 e. The average molecular weight is 172 g/mol. The molecule has 0 aromatic rings. The quantitative estimate of drug-likeness (QED) is 0.621. The monoisotopic (exact) mass is 172 g/mol. The minimum atomic E-state index is 0.335. The van der Waals surface area contributed by atoms with Crippen molar-refractivity contribution in [2.45, 2.75) is 32.2 Å². The van der Waals surface area contributed by atoms with Gasteiger partial charge in [0.05, 0.1) is 6.07 Å². The van der Waals surface area contributed by atoms with Gasteiger partial charge in [-0.05, 0) is 18.6 Å². The maximum atomic E-state index is 8.24. The Bertz CT molecular complexity index is 120. The highest BCUT2D eigenvalue weighted by Gasteiger charge is 1.97. The lowest BCUT2D eigenvalue weighted by Gasteiger charge is -2.06. The summed E-state index contributed by atoms with van der Waals surface area (Å²) in [5.74, 6) is 2.10. The van der Waals surface area contributed by atoms with Gasteiger partial charge in [0.25, 0.3) is 0 Å². The lowest BCUT2D eigenvalue weighted by Crippen LogP contribution is -2.21. The first-order chi connectivity index (χ1) is 5.31. The van der Waals surface area contributed by atoms with Crippen LogP contribution in [0.1, 0.15) is 26.2 Å². The van der Waals surface area contributed by atoms with Crippen molar-refractivity contribution in [3.05, 3.63) is 0 Å². The molecule has 0 aliphatic carbocycles. The van der Waals surface area contributed by atoms with Crippen molar-refractivity contribution >= 4 is 11.8 Å². The summed E-state index contributed by atoms with van der Waals surface area (Å²) in [6.45, 7) is 2.10. The molecule has 0 saturated carbocycles. The first kappa shape index (κ1) is 10.8. The summed E-state index contributed by atoms with van der Waals surface area (Å²) in [5, 5.41) is 8.24. The zero-order valence-corrected chi connectivity index (χ0v) is 7.86. The molecule has 64 valence electrons. The van der Waals surface area contributed by atoms with Crippen molar-refractivity contribution < 1.29 is 0 Å². The van der Waals surface area contributed by atoms with Crippen LogP contribution in [0, 0.1) is 11.3 Å². The molecule has 0 fully saturated rings. The lowest BCUT2D eigenvalue weighted by atomic mass is 10.3. The van der Waals surface area contributed by atoms with E-state index in [4.69, 9.17) is 11.0 Å². The summed E-state index contributed by atoms with van der Waals surface area (Å²) in [5.41, 5.74) is 5.70. The third-order valence-electron chi connectivity index (χ3n) is 1.43. The first-order valence-corrected chi connectivity index (χ1v) is 5.17. The minimum Gasteiger partial charge on any atom is -0.327 e. The molecule has 11 heavy (non-hydrogen) atoms. The van der Waals surface area contributed by atoms with Gasteiger partial charge in [0, 0.05) is 18.2 Å². The van der Waals surface area contributed by atoms with E-state index in [1.165, 1.54) is 0 Å². The second-order valence-electron chi connectivity index (χ2n) is 2.50. The third kappa shape index (κ3) is 7.70. The fourth-order valence-corrected chi connectivity index (χ4v) is 1.66. The second-order valence-corrected chi connectivity index (χ2v) is 3.65. The predicted molar refractivity (Wildman–Crippen MR) is 50.4 cm³/mol. The minimum absolute atomic E-state index is 0.335. The number of rotatable bonds is 6. The van der Waals surface area contributed by atoms with E-state index in [0.717, 1.165) is 24.3 Å². The zero-order valence-electron chi connectivity index (χ0n) is 7.05. The number of thioether (sulfide) groups is 1. The van der Waals surface area contributed by atoms with E-state index in [1.54, 1.807) is 0 Å². The molecule has 0 heterocycles. The van der Waals surface area contributed by atoms with Gasteiger partial charge in [0.1, 0.15) is 0 Å². The Morgan fingerprint density at radius 3 is 2.91 bits per heavy atom. The second kappa shape index (κ2) is 7.90. The smallest absolute Gasteiger partial charge is 0.0622 e. The molecule has 0 saturated heterocycles. The molecule has 0 aromatic carbocycles. The maximum Gasteiger partial charge on any atom is 0.0622 e. The van der Waals surface area contributed by atoms with E-state index < -0.39 is 0 Å². The summed E-state index contributed by atoms with van der Waals surface area (Å²) in [6.07, 6.45) is 2.72. The van der Waals surface area contributed by atoms with E-state index >= 15 is 0 Å². The van der Waals surface area contributed by atoms with Crippen LogP contribution in [0.4, 0.5) is 0 Å². The van der Waals surface area contributed by atoms with Gasteiger partial charge in [0.2, 0.25) is 0 Å². The molecule has 0 aliphatic rings. The first-order valence-electron chi connectivity index (χ1n) is 4.01. The predicted octanol–water partition coefficient (Wildman–Crippen LogP) is 1.76. The summed E-state index contributed by atoms with van der Waals surface area (Å²) in [7, 11) is 0. The molecular formula is C8H16N2S. The number of nitriles is 1. The van der Waals surface area contributed by atoms with E-state index in [2.05, 4.69) is 13.0 Å². The molecule has 0 radical (unpaired) electrons. The molecular weight excluding hydrogens is 156 g/mol. The molecule has 2 nitrogen and oxygen atoms in total. The van der Waals surface area contributed by atoms with Crippen LogP contribution in [0.15, 0.2) is 0 Å². The molecule has 0 amide bonds. The van der Waals surface area contributed by atoms with Crippen LogP contribution < -0.4 is 5.73 Å². The van der Waals surface area contributed by atoms with Crippen LogP contribution in [-0.4, -0.2) is 17.5 Å². The van der Waals surface area contributed by atoms with Crippen molar-refractivity contribution in [3.8, 4) is 6.07 Å². The van der Waals surface area contributed by atoms with Crippen molar-refractivity contribution in [1.82, 2.24) is 0 Å². The van der Waals surface area contributed by atoms with Gasteiger partial charge < -0.3 is 5.73 Å². The van der Waals surface area contributed by atoms with Crippen LogP contribution in [0.25, 0.3) is 0 Å². The van der Waals surface area contributed by atoms with Crippen LogP contribution >= 0.6 is 11.8 Å². The molecule has 1 unspecified atom stereocenters. The molecule has 1 atom stereocenters. The van der Waals surface area contributed by atoms with E-state index in [9.17, 15) is 0 Å². The maximum absolute atomic E-state index is 8.24. The average Bonchev–Trinajstić information content (AvgIpc) is 2.04. The van der Waals surface area contributed by atoms with Gasteiger partial charge >= 0.3 is 0 Å². The van der Waals surface area contributed by atoms with Gasteiger partial charge in [-0.1, -0.05) is 6.92 Å². The standard InChI is InChI=1S/C8H16N2S/c1-2-8(10)7-11-6-4-3-5-9/h8H,2-4,6-7,10H2,1H3. The summed E-state index contributed by atoms with van der Waals surface area (Å²) in [6, 6.07) is 2.46. The normalized spacial score (nSPS) is 12.5. The SMILES string of the molecule is CCC(N)CSCCCC#N. The van der Waals surface area contributed by atoms with Gasteiger partial charge in [-0.15, -0.1) is 0 Å². The Balaban J connectivity index is 2.97. The van der Waals surface area contributed by atoms with E-state index in [0.29, 0.717) is 12.5 Å². The molecule has 0 aromatic heterocycles. The Morgan fingerprint density at radius 1 is 1.64 bits per heavy atom. The molecule has 0 rings (SSSR count). The number of nitrogens with zero attached hydrogens (tertiary/aromatic N) is 1. The van der Waals surface area contributed by atoms with Crippen molar-refractivity contribution in [2.24, 2.45) is 5.73 Å². The summed E-state index contributed by atoms with van der Waals surface area (Å²) >= 11 is 1.85. The van der Waals surface area contributed by atoms with Gasteiger partial charge in [0.15, 0.2) is 0 Å². The Hall–Kier alpha value is -0.200. The van der Waals surface area contributed by atoms with E-state index in [-0.39, 0.29) is 0 Å². The van der Waals surface area contributed by atoms with Crippen molar-refractivity contribution in [3.63, 3.8) is 0 Å². The fourth-order valence-electron chi connectivity index (χ4n) is 0.606. The highest BCUT2D eigenvalue weighted by Crippen LogP contribution is 2.06. The van der Waals surface area contributed by atoms with Crippen LogP contribution in [0.5, 0.6) is 0 Å². The van der Waals surface area contributed by atoms with Gasteiger partial charge in [-0.3, -0.25) is 0 Å². The molecule has 0 aliphatic heterocycles. The van der Waals surface area contributed by atoms with Gasteiger partial charge in [-0.25, -0.2) is 0 Å². The molecule has 0 spiro atoms. The fraction of sp³-hybridized carbons (Fsp3) is 0.875. The molecule has 0 bridgehead atoms. The Kier molecular flexibility index (Phi) is 7.76. The van der Waals surface area contributed by atoms with Crippen molar-refractivity contribution in [1.29, 1.82) is 5.26 Å². The number of hydrogen-bond donors (Lipinski definition) is 1. The van der Waals surface area contributed by atoms with Crippen LogP contribution in [-0.2, 0) is 0 Å². The molecule has 3 heteroatoms. The van der Waals surface area contributed by atoms with Gasteiger partial charge in [-0.2, -0.15) is 17.0 Å². The Morgan fingerprint density at radius 2 is 2.36 bits per heavy atom. The highest BCUT2D eigenvalue weighted by atomic mass is 32.2. The highest BCUT2D eigenvalue weighted by molar-refractivity contribution is 7.99. The molecule has 2 N–H and O–H groups in total.